The van der Waals surface area contributed by atoms with Gasteiger partial charge in [-0.05, 0) is 40.9 Å². The Morgan fingerprint density at radius 1 is 1.38 bits per heavy atom. The number of hydrogen-bond donors (Lipinski definition) is 2. The Labute approximate surface area is 152 Å². The fraction of sp³-hybridized carbons (Fsp3) is 0.471. The van der Waals surface area contributed by atoms with E-state index in [0.717, 1.165) is 0 Å². The second kappa shape index (κ2) is 7.57. The van der Waals surface area contributed by atoms with Crippen molar-refractivity contribution in [1.29, 1.82) is 0 Å². The van der Waals surface area contributed by atoms with Crippen LogP contribution in [-0.2, 0) is 11.3 Å². The predicted molar refractivity (Wildman–Crippen MR) is 99.6 cm³/mol. The van der Waals surface area contributed by atoms with Crippen LogP contribution in [0.5, 0.6) is 0 Å². The third-order valence-corrected chi connectivity index (χ3v) is 4.50. The Balaban J connectivity index is 2.75. The van der Waals surface area contributed by atoms with E-state index in [9.17, 15) is 19.6 Å². The highest BCUT2D eigenvalue weighted by Gasteiger charge is 2.25. The number of pyridine rings is 2. The topological polar surface area (TPSA) is 105 Å². The zero-order valence-corrected chi connectivity index (χ0v) is 15.7. The largest absolute Gasteiger partial charge is 0.490 e. The maximum Gasteiger partial charge on any atom is 0.490 e. The van der Waals surface area contributed by atoms with Crippen molar-refractivity contribution >= 4 is 29.6 Å². The van der Waals surface area contributed by atoms with Crippen LogP contribution >= 0.6 is 0 Å². The Morgan fingerprint density at radius 3 is 2.58 bits per heavy atom. The van der Waals surface area contributed by atoms with Gasteiger partial charge in [0.15, 0.2) is 0 Å². The van der Waals surface area contributed by atoms with Gasteiger partial charge >= 0.3 is 13.1 Å². The number of aromatic nitrogens is 2. The summed E-state index contributed by atoms with van der Waals surface area (Å²) in [5.41, 5.74) is -0.505. The SMILES string of the molecule is CCOC(=O)c1cn(CC(C)(C)N(C)C)c2ncc(B(O)O)cc2c1=O. The van der Waals surface area contributed by atoms with Gasteiger partial charge in [-0.25, -0.2) is 9.78 Å². The summed E-state index contributed by atoms with van der Waals surface area (Å²) >= 11 is 0. The molecule has 0 aliphatic rings. The van der Waals surface area contributed by atoms with Gasteiger partial charge in [-0.1, -0.05) is 0 Å². The van der Waals surface area contributed by atoms with Gasteiger partial charge in [-0.2, -0.15) is 0 Å². The molecule has 2 rings (SSSR count). The van der Waals surface area contributed by atoms with Gasteiger partial charge in [-0.15, -0.1) is 0 Å². The van der Waals surface area contributed by atoms with Crippen molar-refractivity contribution in [2.45, 2.75) is 32.9 Å². The number of hydrogen-bond acceptors (Lipinski definition) is 7. The van der Waals surface area contributed by atoms with E-state index in [1.54, 1.807) is 11.5 Å². The number of carbonyl (C=O) groups excluding carboxylic acids is 1. The number of rotatable bonds is 6. The summed E-state index contributed by atoms with van der Waals surface area (Å²) in [7, 11) is 2.11. The molecule has 26 heavy (non-hydrogen) atoms. The molecule has 0 aliphatic carbocycles. The minimum absolute atomic E-state index is 0.0778. The standard InChI is InChI=1S/C17H24BN3O5/c1-6-26-16(23)13-9-21(10-17(2,3)20(4)5)15-12(14(13)22)7-11(8-19-15)18(24)25/h7-9,24-25H,6,10H2,1-5H3. The summed E-state index contributed by atoms with van der Waals surface area (Å²) < 4.78 is 6.70. The molecule has 0 aliphatic heterocycles. The van der Waals surface area contributed by atoms with Crippen LogP contribution < -0.4 is 10.9 Å². The van der Waals surface area contributed by atoms with Crippen molar-refractivity contribution in [1.82, 2.24) is 14.5 Å². The summed E-state index contributed by atoms with van der Waals surface area (Å²) in [4.78, 5) is 31.2. The van der Waals surface area contributed by atoms with Gasteiger partial charge < -0.3 is 24.3 Å². The Kier molecular flexibility index (Phi) is 5.85. The summed E-state index contributed by atoms with van der Waals surface area (Å²) in [6.07, 6.45) is 2.76. The molecule has 2 heterocycles. The van der Waals surface area contributed by atoms with E-state index in [2.05, 4.69) is 4.98 Å². The molecular weight excluding hydrogens is 337 g/mol. The van der Waals surface area contributed by atoms with Crippen LogP contribution in [0.3, 0.4) is 0 Å². The molecule has 2 aromatic rings. The molecular formula is C17H24BN3O5. The lowest BCUT2D eigenvalue weighted by Crippen LogP contribution is -2.42. The molecule has 0 atom stereocenters. The highest BCUT2D eigenvalue weighted by atomic mass is 16.5. The highest BCUT2D eigenvalue weighted by molar-refractivity contribution is 6.58. The summed E-state index contributed by atoms with van der Waals surface area (Å²) in [5.74, 6) is -0.717. The van der Waals surface area contributed by atoms with Gasteiger partial charge in [0.2, 0.25) is 5.43 Å². The molecule has 140 valence electrons. The average Bonchev–Trinajstić information content (AvgIpc) is 2.56. The van der Waals surface area contributed by atoms with Crippen LogP contribution in [0.15, 0.2) is 23.3 Å². The molecule has 0 bridgehead atoms. The van der Waals surface area contributed by atoms with Crippen molar-refractivity contribution in [2.75, 3.05) is 20.7 Å². The molecule has 0 unspecified atom stereocenters. The van der Waals surface area contributed by atoms with E-state index in [-0.39, 0.29) is 28.6 Å². The van der Waals surface area contributed by atoms with Crippen molar-refractivity contribution in [3.8, 4) is 0 Å². The lowest BCUT2D eigenvalue weighted by Gasteiger charge is -2.33. The van der Waals surface area contributed by atoms with Crippen molar-refractivity contribution in [2.24, 2.45) is 0 Å². The normalized spacial score (nSPS) is 11.8. The van der Waals surface area contributed by atoms with E-state index in [1.165, 1.54) is 18.5 Å². The highest BCUT2D eigenvalue weighted by Crippen LogP contribution is 2.17. The van der Waals surface area contributed by atoms with Gasteiger partial charge in [0.25, 0.3) is 0 Å². The minimum Gasteiger partial charge on any atom is -0.462 e. The first kappa shape index (κ1) is 20.1. The molecule has 0 aromatic carbocycles. The molecule has 0 saturated heterocycles. The number of likely N-dealkylation sites (N-methyl/N-ethyl adjacent to an activating group) is 1. The molecule has 2 aromatic heterocycles. The van der Waals surface area contributed by atoms with Gasteiger partial charge in [0.05, 0.1) is 12.0 Å². The average molecular weight is 361 g/mol. The smallest absolute Gasteiger partial charge is 0.462 e. The zero-order chi connectivity index (χ0) is 19.6. The second-order valence-corrected chi connectivity index (χ2v) is 6.94. The third kappa shape index (κ3) is 3.95. The second-order valence-electron chi connectivity index (χ2n) is 6.94. The fourth-order valence-electron chi connectivity index (χ4n) is 2.46. The third-order valence-electron chi connectivity index (χ3n) is 4.50. The zero-order valence-electron chi connectivity index (χ0n) is 15.7. The molecule has 0 radical (unpaired) electrons. The van der Waals surface area contributed by atoms with Crippen LogP contribution in [0, 0.1) is 0 Å². The number of nitrogens with zero attached hydrogens (tertiary/aromatic N) is 3. The Bertz CT molecular complexity index is 877. The molecule has 9 heteroatoms. The predicted octanol–water partition coefficient (Wildman–Crippen LogP) is -0.407. The number of ether oxygens (including phenoxy) is 1. The summed E-state index contributed by atoms with van der Waals surface area (Å²) in [6, 6.07) is 1.34. The van der Waals surface area contributed by atoms with Crippen LogP contribution in [0.25, 0.3) is 11.0 Å². The van der Waals surface area contributed by atoms with Gasteiger partial charge in [-0.3, -0.25) is 4.79 Å². The Morgan fingerprint density at radius 2 is 2.04 bits per heavy atom. The molecule has 8 nitrogen and oxygen atoms in total. The van der Waals surface area contributed by atoms with Gasteiger partial charge in [0, 0.05) is 29.9 Å². The number of esters is 1. The molecule has 0 amide bonds. The first-order valence-electron chi connectivity index (χ1n) is 8.32. The fourth-order valence-corrected chi connectivity index (χ4v) is 2.46. The van der Waals surface area contributed by atoms with E-state index >= 15 is 0 Å². The first-order chi connectivity index (χ1) is 12.1. The van der Waals surface area contributed by atoms with Crippen molar-refractivity contribution in [3.05, 3.63) is 34.2 Å². The quantitative estimate of drug-likeness (QED) is 0.533. The molecule has 2 N–H and O–H groups in total. The first-order valence-corrected chi connectivity index (χ1v) is 8.32. The van der Waals surface area contributed by atoms with E-state index in [0.29, 0.717) is 12.2 Å². The van der Waals surface area contributed by atoms with Crippen molar-refractivity contribution in [3.63, 3.8) is 0 Å². The van der Waals surface area contributed by atoms with Gasteiger partial charge in [0.1, 0.15) is 11.2 Å². The monoisotopic (exact) mass is 361 g/mol. The maximum absolute atomic E-state index is 12.7. The maximum atomic E-state index is 12.7. The number of carbonyl (C=O) groups is 1. The molecule has 0 saturated carbocycles. The van der Waals surface area contributed by atoms with E-state index in [4.69, 9.17) is 4.74 Å². The van der Waals surface area contributed by atoms with Crippen LogP contribution in [-0.4, -0.2) is 63.8 Å². The van der Waals surface area contributed by atoms with E-state index in [1.807, 2.05) is 32.8 Å². The van der Waals surface area contributed by atoms with Crippen LogP contribution in [0.2, 0.25) is 0 Å². The summed E-state index contributed by atoms with van der Waals surface area (Å²) in [6.45, 7) is 6.30. The lowest BCUT2D eigenvalue weighted by atomic mass is 9.81. The van der Waals surface area contributed by atoms with Crippen LogP contribution in [0.1, 0.15) is 31.1 Å². The number of fused-ring (bicyclic) bond motifs is 1. The summed E-state index contributed by atoms with van der Waals surface area (Å²) in [5, 5.41) is 18.9. The Hall–Kier alpha value is -2.23. The molecule has 0 spiro atoms. The van der Waals surface area contributed by atoms with Crippen LogP contribution in [0.4, 0.5) is 0 Å². The lowest BCUT2D eigenvalue weighted by molar-refractivity contribution is 0.0523. The van der Waals surface area contributed by atoms with Crippen molar-refractivity contribution < 1.29 is 19.6 Å². The minimum atomic E-state index is -1.76. The van der Waals surface area contributed by atoms with E-state index < -0.39 is 18.5 Å². The molecule has 0 fully saturated rings.